The topological polar surface area (TPSA) is 12.4 Å². The third-order valence-electron chi connectivity index (χ3n) is 2.37. The van der Waals surface area contributed by atoms with E-state index in [4.69, 9.17) is 0 Å². The lowest BCUT2D eigenvalue weighted by Crippen LogP contribution is -2.29. The van der Waals surface area contributed by atoms with Crippen molar-refractivity contribution in [2.45, 2.75) is 40.3 Å². The van der Waals surface area contributed by atoms with Gasteiger partial charge in [0.05, 0.1) is 5.92 Å². The molecule has 1 unspecified atom stereocenters. The first-order valence-corrected chi connectivity index (χ1v) is 5.55. The molecular weight excluding hydrogens is 215 g/mol. The summed E-state index contributed by atoms with van der Waals surface area (Å²) in [5.74, 6) is -1.73. The fourth-order valence-electron chi connectivity index (χ4n) is 1.54. The maximum Gasteiger partial charge on any atom is 0.392 e. The van der Waals surface area contributed by atoms with E-state index < -0.39 is 18.0 Å². The van der Waals surface area contributed by atoms with Crippen LogP contribution in [0.15, 0.2) is 17.1 Å². The second-order valence-corrected chi connectivity index (χ2v) is 4.06. The maximum absolute atomic E-state index is 12.7. The third kappa shape index (κ3) is 5.33. The number of hydrogen-bond acceptors (Lipinski definition) is 1. The molecule has 0 aromatic carbocycles. The minimum atomic E-state index is -4.15. The molecule has 0 aromatic heterocycles. The molecule has 94 valence electrons. The van der Waals surface area contributed by atoms with Crippen molar-refractivity contribution in [3.63, 3.8) is 0 Å². The molecule has 0 radical (unpaired) electrons. The number of halogens is 3. The van der Waals surface area contributed by atoms with Gasteiger partial charge in [0.1, 0.15) is 0 Å². The van der Waals surface area contributed by atoms with Crippen molar-refractivity contribution < 1.29 is 13.2 Å². The Kier molecular flexibility index (Phi) is 6.38. The maximum atomic E-state index is 12.7. The summed E-state index contributed by atoms with van der Waals surface area (Å²) in [5.41, 5.74) is 0.529. The molecule has 1 atom stereocenters. The quantitative estimate of drug-likeness (QED) is 0.632. The number of allylic oxidation sites excluding steroid dienone is 2. The van der Waals surface area contributed by atoms with Gasteiger partial charge in [-0.3, -0.25) is 4.99 Å². The highest BCUT2D eigenvalue weighted by Crippen LogP contribution is 2.34. The van der Waals surface area contributed by atoms with Crippen molar-refractivity contribution in [3.8, 4) is 0 Å². The Hall–Kier alpha value is -0.800. The van der Waals surface area contributed by atoms with E-state index in [1.54, 1.807) is 32.9 Å². The van der Waals surface area contributed by atoms with E-state index in [-0.39, 0.29) is 6.42 Å². The molecule has 0 saturated carbocycles. The van der Waals surface area contributed by atoms with Crippen LogP contribution in [0.3, 0.4) is 0 Å². The minimum Gasteiger partial charge on any atom is -0.290 e. The fourth-order valence-corrected chi connectivity index (χ4v) is 1.54. The van der Waals surface area contributed by atoms with Crippen LogP contribution in [-0.2, 0) is 0 Å². The van der Waals surface area contributed by atoms with Crippen LogP contribution in [0.2, 0.25) is 0 Å². The van der Waals surface area contributed by atoms with Gasteiger partial charge in [-0.1, -0.05) is 19.9 Å². The third-order valence-corrected chi connectivity index (χ3v) is 2.37. The molecule has 0 heterocycles. The van der Waals surface area contributed by atoms with E-state index in [1.165, 1.54) is 0 Å². The molecule has 0 aliphatic heterocycles. The lowest BCUT2D eigenvalue weighted by atomic mass is 9.89. The van der Waals surface area contributed by atoms with Crippen LogP contribution in [-0.4, -0.2) is 18.4 Å². The summed E-state index contributed by atoms with van der Waals surface area (Å²) in [7, 11) is 0. The zero-order valence-corrected chi connectivity index (χ0v) is 10.3. The van der Waals surface area contributed by atoms with Gasteiger partial charge < -0.3 is 0 Å². The van der Waals surface area contributed by atoms with Gasteiger partial charge >= 0.3 is 6.18 Å². The molecule has 1 nitrogen and oxygen atoms in total. The second kappa shape index (κ2) is 6.71. The van der Waals surface area contributed by atoms with Crippen molar-refractivity contribution >= 4 is 5.71 Å². The van der Waals surface area contributed by atoms with E-state index in [2.05, 4.69) is 4.99 Å². The molecule has 0 fully saturated rings. The normalized spacial score (nSPS) is 16.1. The molecule has 0 aliphatic carbocycles. The fraction of sp³-hybridized carbons (Fsp3) is 0.750. The highest BCUT2D eigenvalue weighted by molar-refractivity contribution is 5.95. The number of nitrogens with zero attached hydrogens (tertiary/aromatic N) is 1. The molecule has 16 heavy (non-hydrogen) atoms. The molecular formula is C12H20F3N. The van der Waals surface area contributed by atoms with Crippen molar-refractivity contribution in [1.29, 1.82) is 0 Å². The van der Waals surface area contributed by atoms with Crippen LogP contribution in [0.4, 0.5) is 13.2 Å². The molecule has 0 saturated heterocycles. The Morgan fingerprint density at radius 3 is 2.19 bits per heavy atom. The van der Waals surface area contributed by atoms with Gasteiger partial charge in [-0.2, -0.15) is 13.2 Å². The molecule has 0 rings (SSSR count). The van der Waals surface area contributed by atoms with E-state index >= 15 is 0 Å². The first kappa shape index (κ1) is 15.2. The molecule has 0 spiro atoms. The SMILES string of the molecule is C/C=C\C(CC(C(C)C)C(F)(F)F)=NCC. The number of aliphatic imine (C=N–C) groups is 1. The zero-order chi connectivity index (χ0) is 12.8. The molecule has 0 N–H and O–H groups in total. The lowest BCUT2D eigenvalue weighted by molar-refractivity contribution is -0.183. The number of alkyl halides is 3. The summed E-state index contributed by atoms with van der Waals surface area (Å²) in [6.45, 7) is 7.31. The summed E-state index contributed by atoms with van der Waals surface area (Å²) < 4.78 is 38.2. The van der Waals surface area contributed by atoms with Crippen LogP contribution in [0.1, 0.15) is 34.1 Å². The number of rotatable bonds is 5. The number of hydrogen-bond donors (Lipinski definition) is 0. The van der Waals surface area contributed by atoms with Crippen molar-refractivity contribution in [2.75, 3.05) is 6.54 Å². The van der Waals surface area contributed by atoms with Crippen molar-refractivity contribution in [2.24, 2.45) is 16.8 Å². The van der Waals surface area contributed by atoms with E-state index in [1.807, 2.05) is 6.92 Å². The van der Waals surface area contributed by atoms with Crippen LogP contribution in [0.25, 0.3) is 0 Å². The zero-order valence-electron chi connectivity index (χ0n) is 10.3. The highest BCUT2D eigenvalue weighted by atomic mass is 19.4. The smallest absolute Gasteiger partial charge is 0.290 e. The van der Waals surface area contributed by atoms with Gasteiger partial charge in [-0.05, 0) is 25.8 Å². The molecule has 0 amide bonds. The van der Waals surface area contributed by atoms with Gasteiger partial charge in [-0.25, -0.2) is 0 Å². The molecule has 0 bridgehead atoms. The lowest BCUT2D eigenvalue weighted by Gasteiger charge is -2.23. The van der Waals surface area contributed by atoms with Gasteiger partial charge in [-0.15, -0.1) is 0 Å². The van der Waals surface area contributed by atoms with Crippen LogP contribution in [0, 0.1) is 11.8 Å². The Bertz CT molecular complexity index is 251. The van der Waals surface area contributed by atoms with E-state index in [0.717, 1.165) is 0 Å². The van der Waals surface area contributed by atoms with Crippen LogP contribution >= 0.6 is 0 Å². The summed E-state index contributed by atoms with van der Waals surface area (Å²) >= 11 is 0. The minimum absolute atomic E-state index is 0.0284. The Labute approximate surface area is 95.5 Å². The first-order valence-electron chi connectivity index (χ1n) is 5.55. The second-order valence-electron chi connectivity index (χ2n) is 4.06. The predicted molar refractivity (Wildman–Crippen MR) is 61.8 cm³/mol. The summed E-state index contributed by atoms with van der Waals surface area (Å²) in [6, 6.07) is 0. The van der Waals surface area contributed by atoms with Gasteiger partial charge in [0.25, 0.3) is 0 Å². The van der Waals surface area contributed by atoms with E-state index in [9.17, 15) is 13.2 Å². The van der Waals surface area contributed by atoms with Crippen LogP contribution < -0.4 is 0 Å². The standard InChI is InChI=1S/C12H20F3N/c1-5-7-10(16-6-2)8-11(9(3)4)12(13,14)15/h5,7,9,11H,6,8H2,1-4H3/b7-5-,16-10?. The van der Waals surface area contributed by atoms with Gasteiger partial charge in [0.15, 0.2) is 0 Å². The average Bonchev–Trinajstić information content (AvgIpc) is 2.12. The van der Waals surface area contributed by atoms with Crippen molar-refractivity contribution in [1.82, 2.24) is 0 Å². The summed E-state index contributed by atoms with van der Waals surface area (Å²) in [6.07, 6.45) is -0.795. The largest absolute Gasteiger partial charge is 0.392 e. The molecule has 4 heteroatoms. The Morgan fingerprint density at radius 1 is 1.31 bits per heavy atom. The predicted octanol–water partition coefficient (Wildman–Crippen LogP) is 4.25. The first-order chi connectivity index (χ1) is 7.32. The van der Waals surface area contributed by atoms with Crippen LogP contribution in [0.5, 0.6) is 0 Å². The summed E-state index contributed by atoms with van der Waals surface area (Å²) in [5, 5.41) is 0. The molecule has 0 aromatic rings. The van der Waals surface area contributed by atoms with Gasteiger partial charge in [0.2, 0.25) is 0 Å². The van der Waals surface area contributed by atoms with Crippen molar-refractivity contribution in [3.05, 3.63) is 12.2 Å². The Balaban J connectivity index is 4.79. The van der Waals surface area contributed by atoms with E-state index in [0.29, 0.717) is 12.3 Å². The molecule has 0 aliphatic rings. The highest BCUT2D eigenvalue weighted by Gasteiger charge is 2.41. The Morgan fingerprint density at radius 2 is 1.88 bits per heavy atom. The monoisotopic (exact) mass is 235 g/mol. The van der Waals surface area contributed by atoms with Gasteiger partial charge in [0, 0.05) is 18.7 Å². The average molecular weight is 235 g/mol. The summed E-state index contributed by atoms with van der Waals surface area (Å²) in [4.78, 5) is 4.08.